The molecule has 1 N–H and O–H groups in total. The van der Waals surface area contributed by atoms with Crippen LogP contribution in [0.5, 0.6) is 0 Å². The summed E-state index contributed by atoms with van der Waals surface area (Å²) >= 11 is 1.24. The van der Waals surface area contributed by atoms with Crippen LogP contribution in [0.3, 0.4) is 0 Å². The first kappa shape index (κ1) is 23.4. The lowest BCUT2D eigenvalue weighted by Crippen LogP contribution is -3.00. The number of aliphatic imine (C=N–C) groups is 1. The number of benzene rings is 1. The number of nitrogens with one attached hydrogen (secondary N) is 1. The number of thioether (sulfide) groups is 1. The minimum atomic E-state index is -0.419. The minimum Gasteiger partial charge on any atom is -1.00 e. The van der Waals surface area contributed by atoms with Crippen LogP contribution in [0.1, 0.15) is 39.5 Å². The standard InChI is InChI=1S/C19H24FN3O2S.BrH/c1-3-5-11-21-19-23(12-6-4-2)18(25)16(26-19)13-17(24)22-15-9-7-14(20)8-10-15;/h7-10,13H,3-6,11-12H2,1-2H3,(H,22,24);1H/p-1/b16-13-,21-19?;. The van der Waals surface area contributed by atoms with Gasteiger partial charge in [0.1, 0.15) is 5.82 Å². The number of rotatable bonds is 8. The summed E-state index contributed by atoms with van der Waals surface area (Å²) in [5.41, 5.74) is 0.475. The fourth-order valence-electron chi connectivity index (χ4n) is 2.30. The Balaban J connectivity index is 0.00000364. The van der Waals surface area contributed by atoms with Crippen molar-refractivity contribution in [2.45, 2.75) is 39.5 Å². The Hall–Kier alpha value is -1.67. The van der Waals surface area contributed by atoms with Crippen molar-refractivity contribution < 1.29 is 31.0 Å². The molecule has 0 saturated carbocycles. The summed E-state index contributed by atoms with van der Waals surface area (Å²) in [4.78, 5) is 31.3. The second-order valence-electron chi connectivity index (χ2n) is 5.93. The molecule has 148 valence electrons. The molecule has 0 atom stereocenters. The lowest BCUT2D eigenvalue weighted by Gasteiger charge is -2.14. The first-order chi connectivity index (χ1) is 12.5. The Bertz CT molecular complexity index is 707. The van der Waals surface area contributed by atoms with E-state index in [1.807, 2.05) is 0 Å². The van der Waals surface area contributed by atoms with E-state index in [-0.39, 0.29) is 28.7 Å². The van der Waals surface area contributed by atoms with Gasteiger partial charge in [-0.1, -0.05) is 26.7 Å². The van der Waals surface area contributed by atoms with E-state index in [2.05, 4.69) is 24.2 Å². The Labute approximate surface area is 174 Å². The van der Waals surface area contributed by atoms with Crippen molar-refractivity contribution in [2.24, 2.45) is 4.99 Å². The van der Waals surface area contributed by atoms with Crippen molar-refractivity contribution in [3.8, 4) is 0 Å². The summed E-state index contributed by atoms with van der Waals surface area (Å²) in [5.74, 6) is -0.979. The molecule has 1 saturated heterocycles. The summed E-state index contributed by atoms with van der Waals surface area (Å²) in [6, 6.07) is 5.48. The molecule has 5 nitrogen and oxygen atoms in total. The normalized spacial score (nSPS) is 16.7. The number of unbranched alkanes of at least 4 members (excludes halogenated alkanes) is 2. The highest BCUT2D eigenvalue weighted by Gasteiger charge is 2.33. The number of hydrogen-bond acceptors (Lipinski definition) is 4. The molecular formula is C19H24BrFN3O2S-. The predicted molar refractivity (Wildman–Crippen MR) is 105 cm³/mol. The van der Waals surface area contributed by atoms with Gasteiger partial charge in [0.15, 0.2) is 5.17 Å². The molecule has 1 aromatic rings. The number of halogens is 2. The predicted octanol–water partition coefficient (Wildman–Crippen LogP) is 1.18. The Kier molecular flexibility index (Phi) is 10.3. The van der Waals surface area contributed by atoms with Gasteiger partial charge in [-0.15, -0.1) is 0 Å². The number of nitrogens with zero attached hydrogens (tertiary/aromatic N) is 2. The Morgan fingerprint density at radius 1 is 1.22 bits per heavy atom. The fourth-order valence-corrected chi connectivity index (χ4v) is 3.30. The maximum Gasteiger partial charge on any atom is 0.266 e. The Morgan fingerprint density at radius 3 is 2.52 bits per heavy atom. The molecular weight excluding hydrogens is 433 g/mol. The summed E-state index contributed by atoms with van der Waals surface area (Å²) in [6.45, 7) is 5.43. The fraction of sp³-hybridized carbons (Fsp3) is 0.421. The van der Waals surface area contributed by atoms with Gasteiger partial charge in [0.2, 0.25) is 5.91 Å². The highest BCUT2D eigenvalue weighted by molar-refractivity contribution is 8.18. The van der Waals surface area contributed by atoms with Crippen LogP contribution in [0.2, 0.25) is 0 Å². The van der Waals surface area contributed by atoms with Crippen LogP contribution < -0.4 is 22.3 Å². The van der Waals surface area contributed by atoms with Crippen molar-refractivity contribution in [3.05, 3.63) is 41.1 Å². The van der Waals surface area contributed by atoms with Gasteiger partial charge in [0, 0.05) is 24.9 Å². The first-order valence-corrected chi connectivity index (χ1v) is 9.69. The molecule has 1 heterocycles. The molecule has 0 bridgehead atoms. The maximum absolute atomic E-state index is 12.9. The smallest absolute Gasteiger partial charge is 0.266 e. The SMILES string of the molecule is CCCCN=C1S/C(=C\C(=O)Nc2ccc(F)cc2)C(=O)N1CCCC.[Br-]. The lowest BCUT2D eigenvalue weighted by atomic mass is 10.3. The molecule has 0 aliphatic carbocycles. The van der Waals surface area contributed by atoms with Crippen molar-refractivity contribution in [2.75, 3.05) is 18.4 Å². The van der Waals surface area contributed by atoms with E-state index in [9.17, 15) is 14.0 Å². The zero-order chi connectivity index (χ0) is 18.9. The molecule has 2 amide bonds. The molecule has 27 heavy (non-hydrogen) atoms. The van der Waals surface area contributed by atoms with E-state index in [1.165, 1.54) is 42.1 Å². The number of carbonyl (C=O) groups excluding carboxylic acids is 2. The van der Waals surface area contributed by atoms with Crippen LogP contribution in [0.25, 0.3) is 0 Å². The van der Waals surface area contributed by atoms with Gasteiger partial charge >= 0.3 is 0 Å². The molecule has 0 spiro atoms. The number of hydrogen-bond donors (Lipinski definition) is 1. The van der Waals surface area contributed by atoms with Crippen molar-refractivity contribution >= 4 is 34.4 Å². The maximum atomic E-state index is 12.9. The molecule has 8 heteroatoms. The van der Waals surface area contributed by atoms with Crippen LogP contribution in [-0.4, -0.2) is 35.0 Å². The minimum absolute atomic E-state index is 0. The third kappa shape index (κ3) is 7.10. The van der Waals surface area contributed by atoms with E-state index in [0.717, 1.165) is 25.7 Å². The molecule has 1 aliphatic rings. The first-order valence-electron chi connectivity index (χ1n) is 8.87. The van der Waals surface area contributed by atoms with Gasteiger partial charge in [-0.2, -0.15) is 0 Å². The summed E-state index contributed by atoms with van der Waals surface area (Å²) in [7, 11) is 0. The average molecular weight is 457 g/mol. The van der Waals surface area contributed by atoms with Crippen molar-refractivity contribution in [1.82, 2.24) is 4.90 Å². The second kappa shape index (κ2) is 11.9. The zero-order valence-electron chi connectivity index (χ0n) is 15.5. The van der Waals surface area contributed by atoms with Gasteiger partial charge in [0.05, 0.1) is 4.91 Å². The monoisotopic (exact) mass is 456 g/mol. The second-order valence-corrected chi connectivity index (χ2v) is 6.94. The van der Waals surface area contributed by atoms with Crippen LogP contribution in [-0.2, 0) is 9.59 Å². The number of amidine groups is 1. The molecule has 0 radical (unpaired) electrons. The molecule has 0 aromatic heterocycles. The van der Waals surface area contributed by atoms with Crippen LogP contribution in [0.15, 0.2) is 40.2 Å². The van der Waals surface area contributed by atoms with Crippen LogP contribution >= 0.6 is 11.8 Å². The lowest BCUT2D eigenvalue weighted by molar-refractivity contribution is -0.122. The van der Waals surface area contributed by atoms with Crippen LogP contribution in [0.4, 0.5) is 10.1 Å². The van der Waals surface area contributed by atoms with E-state index in [1.54, 1.807) is 4.90 Å². The summed E-state index contributed by atoms with van der Waals surface area (Å²) in [5, 5.41) is 3.30. The third-order valence-corrected chi connectivity index (χ3v) is 4.80. The summed E-state index contributed by atoms with van der Waals surface area (Å²) in [6.07, 6.45) is 5.14. The third-order valence-electron chi connectivity index (χ3n) is 3.76. The quantitative estimate of drug-likeness (QED) is 0.471. The summed E-state index contributed by atoms with van der Waals surface area (Å²) < 4.78 is 12.9. The molecule has 1 aromatic carbocycles. The molecule has 1 aliphatic heterocycles. The van der Waals surface area contributed by atoms with E-state index >= 15 is 0 Å². The highest BCUT2D eigenvalue weighted by Crippen LogP contribution is 2.31. The van der Waals surface area contributed by atoms with Crippen molar-refractivity contribution in [3.63, 3.8) is 0 Å². The van der Waals surface area contributed by atoms with Gasteiger partial charge in [-0.05, 0) is 48.9 Å². The van der Waals surface area contributed by atoms with E-state index in [4.69, 9.17) is 0 Å². The number of amides is 2. The zero-order valence-corrected chi connectivity index (χ0v) is 17.9. The number of carbonyl (C=O) groups is 2. The Morgan fingerprint density at radius 2 is 1.89 bits per heavy atom. The van der Waals surface area contributed by atoms with Gasteiger partial charge in [-0.25, -0.2) is 4.39 Å². The largest absolute Gasteiger partial charge is 1.00 e. The van der Waals surface area contributed by atoms with Gasteiger partial charge in [-0.3, -0.25) is 19.5 Å². The topological polar surface area (TPSA) is 61.8 Å². The van der Waals surface area contributed by atoms with Crippen molar-refractivity contribution in [1.29, 1.82) is 0 Å². The van der Waals surface area contributed by atoms with E-state index in [0.29, 0.717) is 28.8 Å². The molecule has 1 fully saturated rings. The van der Waals surface area contributed by atoms with Gasteiger partial charge < -0.3 is 22.3 Å². The van der Waals surface area contributed by atoms with E-state index < -0.39 is 5.91 Å². The molecule has 2 rings (SSSR count). The van der Waals surface area contributed by atoms with Crippen LogP contribution in [0, 0.1) is 5.82 Å². The highest BCUT2D eigenvalue weighted by atomic mass is 79.9. The van der Waals surface area contributed by atoms with Gasteiger partial charge in [0.25, 0.3) is 5.91 Å². The number of anilines is 1. The molecule has 0 unspecified atom stereocenters. The average Bonchev–Trinajstić information content (AvgIpc) is 2.90.